The molecule has 0 aliphatic carbocycles. The first-order chi connectivity index (χ1) is 14.2. The lowest BCUT2D eigenvalue weighted by Crippen LogP contribution is -2.22. The zero-order chi connectivity index (χ0) is 22.3. The van der Waals surface area contributed by atoms with Gasteiger partial charge in [-0.2, -0.15) is 10.2 Å². The molecule has 0 heterocycles. The molecule has 4 N–H and O–H groups in total. The van der Waals surface area contributed by atoms with Gasteiger partial charge in [0.15, 0.2) is 0 Å². The van der Waals surface area contributed by atoms with Gasteiger partial charge in [0.25, 0.3) is 0 Å². The van der Waals surface area contributed by atoms with Crippen LogP contribution < -0.4 is 10.9 Å². The number of hydrogen-bond acceptors (Lipinski definition) is 6. The quantitative estimate of drug-likeness (QED) is 0.344. The molecule has 0 radical (unpaired) electrons. The number of hydrogen-bond donors (Lipinski definition) is 4. The fraction of sp³-hybridized carbons (Fsp3) is 0.111. The highest BCUT2D eigenvalue weighted by Crippen LogP contribution is 2.30. The minimum atomic E-state index is -0.544. The normalized spacial score (nSPS) is 11.2. The van der Waals surface area contributed by atoms with Crippen molar-refractivity contribution in [2.45, 2.75) is 12.8 Å². The fourth-order valence-corrected chi connectivity index (χ4v) is 3.07. The van der Waals surface area contributed by atoms with Gasteiger partial charge in [0.05, 0.1) is 22.5 Å². The average Bonchev–Trinajstić information content (AvgIpc) is 2.67. The second-order valence-electron chi connectivity index (χ2n) is 5.74. The molecule has 0 aliphatic rings. The number of aromatic hydroxyl groups is 2. The molecule has 12 heteroatoms. The van der Waals surface area contributed by atoms with Crippen molar-refractivity contribution in [2.24, 2.45) is 10.2 Å². The van der Waals surface area contributed by atoms with Gasteiger partial charge in [-0.3, -0.25) is 9.59 Å². The zero-order valence-electron chi connectivity index (χ0n) is 15.0. The molecular formula is C18H14Cl4N4O4. The average molecular weight is 492 g/mol. The van der Waals surface area contributed by atoms with Crippen LogP contribution in [0.15, 0.2) is 34.5 Å². The number of nitrogens with zero attached hydrogens (tertiary/aromatic N) is 2. The van der Waals surface area contributed by atoms with Crippen LogP contribution in [0.1, 0.15) is 24.0 Å². The zero-order valence-corrected chi connectivity index (χ0v) is 18.0. The third-order valence-corrected chi connectivity index (χ3v) is 4.49. The van der Waals surface area contributed by atoms with E-state index in [1.807, 2.05) is 0 Å². The lowest BCUT2D eigenvalue weighted by molar-refractivity contribution is -0.126. The molecule has 0 bridgehead atoms. The van der Waals surface area contributed by atoms with Gasteiger partial charge >= 0.3 is 0 Å². The number of rotatable bonds is 7. The Morgan fingerprint density at radius 2 is 1.13 bits per heavy atom. The molecule has 0 saturated carbocycles. The molecule has 8 nitrogen and oxygen atoms in total. The maximum Gasteiger partial charge on any atom is 0.240 e. The summed E-state index contributed by atoms with van der Waals surface area (Å²) in [4.78, 5) is 23.5. The van der Waals surface area contributed by atoms with E-state index in [9.17, 15) is 19.8 Å². The van der Waals surface area contributed by atoms with Crippen molar-refractivity contribution in [2.75, 3.05) is 0 Å². The number of hydrazone groups is 2. The van der Waals surface area contributed by atoms with Gasteiger partial charge in [0.2, 0.25) is 11.8 Å². The Labute approximate surface area is 191 Å². The predicted octanol–water partition coefficient (Wildman–Crippen LogP) is 4.09. The number of phenols is 2. The minimum absolute atomic E-state index is 0.0425. The summed E-state index contributed by atoms with van der Waals surface area (Å²) in [6.45, 7) is 0. The molecule has 0 aliphatic heterocycles. The first-order valence-electron chi connectivity index (χ1n) is 8.17. The van der Waals surface area contributed by atoms with Crippen LogP contribution in [0.2, 0.25) is 20.1 Å². The van der Waals surface area contributed by atoms with Gasteiger partial charge in [-0.05, 0) is 24.3 Å². The molecule has 2 aromatic carbocycles. The van der Waals surface area contributed by atoms with Crippen molar-refractivity contribution >= 4 is 70.6 Å². The highest BCUT2D eigenvalue weighted by Gasteiger charge is 2.09. The lowest BCUT2D eigenvalue weighted by atomic mass is 10.2. The molecule has 0 saturated heterocycles. The number of halogens is 4. The van der Waals surface area contributed by atoms with Crippen LogP contribution in [0.4, 0.5) is 0 Å². The highest BCUT2D eigenvalue weighted by atomic mass is 35.5. The van der Waals surface area contributed by atoms with E-state index in [0.717, 1.165) is 12.4 Å². The number of nitrogens with one attached hydrogen (secondary N) is 2. The summed E-state index contributed by atoms with van der Waals surface area (Å²) in [6, 6.07) is 5.54. The summed E-state index contributed by atoms with van der Waals surface area (Å²) >= 11 is 23.2. The van der Waals surface area contributed by atoms with Crippen LogP contribution in [0, 0.1) is 0 Å². The van der Waals surface area contributed by atoms with Gasteiger partial charge in [-0.15, -0.1) is 0 Å². The molecule has 0 fully saturated rings. The van der Waals surface area contributed by atoms with Gasteiger partial charge in [0.1, 0.15) is 11.5 Å². The molecular weight excluding hydrogens is 478 g/mol. The number of amides is 2. The van der Waals surface area contributed by atoms with Crippen molar-refractivity contribution in [3.05, 3.63) is 55.5 Å². The van der Waals surface area contributed by atoms with E-state index in [2.05, 4.69) is 21.1 Å². The van der Waals surface area contributed by atoms with E-state index in [4.69, 9.17) is 46.4 Å². The van der Waals surface area contributed by atoms with E-state index in [-0.39, 0.29) is 55.6 Å². The third kappa shape index (κ3) is 7.07. The van der Waals surface area contributed by atoms with Crippen molar-refractivity contribution < 1.29 is 19.8 Å². The van der Waals surface area contributed by atoms with E-state index in [1.54, 1.807) is 0 Å². The molecule has 2 rings (SSSR count). The molecule has 2 aromatic rings. The monoisotopic (exact) mass is 490 g/mol. The van der Waals surface area contributed by atoms with Crippen LogP contribution in [0.3, 0.4) is 0 Å². The van der Waals surface area contributed by atoms with Crippen LogP contribution in [-0.2, 0) is 9.59 Å². The standard InChI is InChI=1S/C18H14Cl4N4O4/c19-11-3-9(17(29)13(21)5-11)7-23-25-15(27)1-2-16(28)26-24-8-10-4-12(20)6-14(22)18(10)30/h3-8,29-30H,1-2H2,(H,25,27)(H,26,28)/b23-7-,24-8-. The summed E-state index contributed by atoms with van der Waals surface area (Å²) in [6.07, 6.45) is 1.99. The lowest BCUT2D eigenvalue weighted by Gasteiger charge is -2.03. The smallest absolute Gasteiger partial charge is 0.240 e. The van der Waals surface area contributed by atoms with Crippen LogP contribution in [0.25, 0.3) is 0 Å². The number of benzene rings is 2. The largest absolute Gasteiger partial charge is 0.506 e. The summed E-state index contributed by atoms with van der Waals surface area (Å²) in [5.74, 6) is -1.55. The molecule has 158 valence electrons. The SMILES string of the molecule is O=C(CCC(=O)N/N=C\c1cc(Cl)cc(Cl)c1O)N/N=C\c1cc(Cl)cc(Cl)c1O. The second-order valence-corrected chi connectivity index (χ2v) is 7.42. The van der Waals surface area contributed by atoms with Crippen LogP contribution in [-0.4, -0.2) is 34.5 Å². The first kappa shape index (κ1) is 23.8. The van der Waals surface area contributed by atoms with E-state index < -0.39 is 11.8 Å². The summed E-state index contributed by atoms with van der Waals surface area (Å²) in [7, 11) is 0. The topological polar surface area (TPSA) is 123 Å². The predicted molar refractivity (Wildman–Crippen MR) is 117 cm³/mol. The molecule has 0 spiro atoms. The van der Waals surface area contributed by atoms with E-state index in [1.165, 1.54) is 24.3 Å². The minimum Gasteiger partial charge on any atom is -0.506 e. The molecule has 0 atom stereocenters. The van der Waals surface area contributed by atoms with Crippen molar-refractivity contribution in [1.82, 2.24) is 10.9 Å². The first-order valence-corrected chi connectivity index (χ1v) is 9.68. The Kier molecular flexibility index (Phi) is 8.73. The third-order valence-electron chi connectivity index (χ3n) is 3.48. The molecule has 2 amide bonds. The van der Waals surface area contributed by atoms with Gasteiger partial charge in [-0.1, -0.05) is 46.4 Å². The number of phenolic OH excluding ortho intramolecular Hbond substituents is 2. The van der Waals surface area contributed by atoms with Gasteiger partial charge < -0.3 is 10.2 Å². The van der Waals surface area contributed by atoms with Crippen molar-refractivity contribution in [3.8, 4) is 11.5 Å². The highest BCUT2D eigenvalue weighted by molar-refractivity contribution is 6.36. The Morgan fingerprint density at radius 3 is 1.50 bits per heavy atom. The second kappa shape index (κ2) is 11.0. The van der Waals surface area contributed by atoms with Crippen LogP contribution >= 0.6 is 46.4 Å². The van der Waals surface area contributed by atoms with Gasteiger partial charge in [0, 0.05) is 34.0 Å². The summed E-state index contributed by atoms with van der Waals surface area (Å²) < 4.78 is 0. The molecule has 30 heavy (non-hydrogen) atoms. The molecule has 0 unspecified atom stereocenters. The summed E-state index contributed by atoms with van der Waals surface area (Å²) in [5.41, 5.74) is 4.84. The maximum absolute atomic E-state index is 11.8. The van der Waals surface area contributed by atoms with E-state index >= 15 is 0 Å². The van der Waals surface area contributed by atoms with Crippen molar-refractivity contribution in [1.29, 1.82) is 0 Å². The Hall–Kier alpha value is -2.52. The number of carbonyl (C=O) groups is 2. The maximum atomic E-state index is 11.8. The number of carbonyl (C=O) groups excluding carboxylic acids is 2. The van der Waals surface area contributed by atoms with Crippen LogP contribution in [0.5, 0.6) is 11.5 Å². The Bertz CT molecular complexity index is 946. The van der Waals surface area contributed by atoms with Gasteiger partial charge in [-0.25, -0.2) is 10.9 Å². The fourth-order valence-electron chi connectivity index (χ4n) is 2.06. The van der Waals surface area contributed by atoms with E-state index in [0.29, 0.717) is 0 Å². The Morgan fingerprint density at radius 1 is 0.767 bits per heavy atom. The van der Waals surface area contributed by atoms with Crippen molar-refractivity contribution in [3.63, 3.8) is 0 Å². The Balaban J connectivity index is 1.80. The molecule has 0 aromatic heterocycles. The summed E-state index contributed by atoms with van der Waals surface area (Å²) in [5, 5.41) is 27.6.